The third kappa shape index (κ3) is 4.22. The molecule has 1 aliphatic rings. The van der Waals surface area contributed by atoms with Gasteiger partial charge >= 0.3 is 11.9 Å². The van der Waals surface area contributed by atoms with Gasteiger partial charge in [-0.3, -0.25) is 4.79 Å². The molecule has 1 rings (SSSR count). The van der Waals surface area contributed by atoms with Gasteiger partial charge in [0.2, 0.25) is 0 Å². The van der Waals surface area contributed by atoms with Crippen molar-refractivity contribution >= 4 is 11.9 Å². The second-order valence-electron chi connectivity index (χ2n) is 4.36. The maximum atomic E-state index is 12.1. The van der Waals surface area contributed by atoms with Crippen molar-refractivity contribution < 1.29 is 19.1 Å². The first kappa shape index (κ1) is 18.5. The number of carbonyl (C=O) groups is 2. The molecule has 24 heavy (non-hydrogen) atoms. The molecule has 0 bridgehead atoms. The summed E-state index contributed by atoms with van der Waals surface area (Å²) in [5.41, 5.74) is -0.407. The van der Waals surface area contributed by atoms with Crippen molar-refractivity contribution in [2.45, 2.75) is 20.3 Å². The van der Waals surface area contributed by atoms with Crippen molar-refractivity contribution in [2.24, 2.45) is 0 Å². The maximum absolute atomic E-state index is 12.1. The minimum atomic E-state index is -0.730. The van der Waals surface area contributed by atoms with E-state index in [9.17, 15) is 14.9 Å². The fourth-order valence-electron chi connectivity index (χ4n) is 1.90. The number of nitrogens with one attached hydrogen (secondary N) is 1. The van der Waals surface area contributed by atoms with E-state index in [1.807, 2.05) is 6.07 Å². The summed E-state index contributed by atoms with van der Waals surface area (Å²) in [6.07, 6.45) is 0.887. The van der Waals surface area contributed by atoms with Crippen LogP contribution in [0.4, 0.5) is 0 Å². The Bertz CT molecular complexity index is 753. The lowest BCUT2D eigenvalue weighted by molar-refractivity contribution is -0.142. The maximum Gasteiger partial charge on any atom is 0.339 e. The van der Waals surface area contributed by atoms with Crippen molar-refractivity contribution in [3.8, 4) is 18.2 Å². The van der Waals surface area contributed by atoms with Crippen LogP contribution in [0.1, 0.15) is 20.3 Å². The molecule has 1 aliphatic heterocycles. The van der Waals surface area contributed by atoms with Crippen LogP contribution in [0.5, 0.6) is 0 Å². The molecular formula is C16H14N4O4. The summed E-state index contributed by atoms with van der Waals surface area (Å²) in [6, 6.07) is 5.14. The largest absolute Gasteiger partial charge is 0.466 e. The first-order valence-electron chi connectivity index (χ1n) is 7.01. The average Bonchev–Trinajstić information content (AvgIpc) is 2.56. The summed E-state index contributed by atoms with van der Waals surface area (Å²) < 4.78 is 9.74. The Kier molecular flexibility index (Phi) is 6.75. The molecule has 8 heteroatoms. The lowest BCUT2D eigenvalue weighted by Gasteiger charge is -2.21. The highest BCUT2D eigenvalue weighted by Crippen LogP contribution is 2.25. The third-order valence-corrected chi connectivity index (χ3v) is 2.87. The molecule has 0 saturated heterocycles. The Morgan fingerprint density at radius 1 is 1.12 bits per heavy atom. The summed E-state index contributed by atoms with van der Waals surface area (Å²) in [7, 11) is 0. The molecule has 0 radical (unpaired) electrons. The zero-order valence-electron chi connectivity index (χ0n) is 13.2. The van der Waals surface area contributed by atoms with Crippen LogP contribution in [0.15, 0.2) is 34.2 Å². The minimum Gasteiger partial charge on any atom is -0.466 e. The molecule has 0 aromatic heterocycles. The molecule has 0 spiro atoms. The highest BCUT2D eigenvalue weighted by molar-refractivity contribution is 5.95. The van der Waals surface area contributed by atoms with Crippen molar-refractivity contribution in [3.63, 3.8) is 0 Å². The predicted molar refractivity (Wildman–Crippen MR) is 80.0 cm³/mol. The number of carbonyl (C=O) groups excluding carboxylic acids is 2. The number of nitrogens with zero attached hydrogens (tertiary/aromatic N) is 3. The normalized spacial score (nSPS) is 12.8. The molecule has 1 heterocycles. The topological polar surface area (TPSA) is 136 Å². The lowest BCUT2D eigenvalue weighted by Crippen LogP contribution is -2.27. The Hall–Kier alpha value is -3.57. The molecule has 1 N–H and O–H groups in total. The molecular weight excluding hydrogens is 312 g/mol. The van der Waals surface area contributed by atoms with Crippen LogP contribution >= 0.6 is 0 Å². The van der Waals surface area contributed by atoms with E-state index in [2.05, 4.69) is 5.32 Å². The number of allylic oxidation sites excluding steroid dienone is 2. The molecule has 0 aromatic carbocycles. The fourth-order valence-corrected chi connectivity index (χ4v) is 1.90. The molecule has 122 valence electrons. The molecule has 8 nitrogen and oxygen atoms in total. The van der Waals surface area contributed by atoms with Crippen molar-refractivity contribution in [2.75, 3.05) is 13.2 Å². The molecule has 0 unspecified atom stereocenters. The summed E-state index contributed by atoms with van der Waals surface area (Å²) in [6.45, 7) is 3.51. The van der Waals surface area contributed by atoms with E-state index in [1.165, 1.54) is 6.08 Å². The van der Waals surface area contributed by atoms with E-state index in [-0.39, 0.29) is 47.7 Å². The van der Waals surface area contributed by atoms with Gasteiger partial charge in [0.1, 0.15) is 18.2 Å². The standard InChI is InChI=1S/C16H14N4O4/c1-3-23-14(21)6-13-12(16(22)24-4-2)5-10(7-17)15(20-13)11(8-18)9-19/h5,20H,3-4,6H2,1-2H3. The SMILES string of the molecule is CCOC(=O)CC1=C(C(=O)OCC)C=C(C#N)C(=C(C#N)C#N)N1. The van der Waals surface area contributed by atoms with E-state index in [0.717, 1.165) is 0 Å². The second kappa shape index (κ2) is 8.77. The monoisotopic (exact) mass is 326 g/mol. The number of ether oxygens (including phenoxy) is 2. The smallest absolute Gasteiger partial charge is 0.339 e. The summed E-state index contributed by atoms with van der Waals surface area (Å²) >= 11 is 0. The van der Waals surface area contributed by atoms with Crippen LogP contribution in [0.2, 0.25) is 0 Å². The van der Waals surface area contributed by atoms with Gasteiger partial charge in [-0.05, 0) is 19.9 Å². The zero-order chi connectivity index (χ0) is 18.1. The average molecular weight is 326 g/mol. The van der Waals surface area contributed by atoms with Gasteiger partial charge in [0.15, 0.2) is 5.57 Å². The van der Waals surface area contributed by atoms with Gasteiger partial charge in [0.05, 0.1) is 36.5 Å². The Morgan fingerprint density at radius 3 is 2.25 bits per heavy atom. The zero-order valence-corrected chi connectivity index (χ0v) is 13.2. The summed E-state index contributed by atoms with van der Waals surface area (Å²) in [5, 5.41) is 29.9. The molecule has 0 saturated carbocycles. The van der Waals surface area contributed by atoms with E-state index in [1.54, 1.807) is 26.0 Å². The quantitative estimate of drug-likeness (QED) is 0.586. The third-order valence-electron chi connectivity index (χ3n) is 2.87. The van der Waals surface area contributed by atoms with Gasteiger partial charge in [0, 0.05) is 5.70 Å². The second-order valence-corrected chi connectivity index (χ2v) is 4.36. The molecule has 0 fully saturated rings. The Balaban J connectivity index is 3.43. The van der Waals surface area contributed by atoms with Crippen molar-refractivity contribution in [1.82, 2.24) is 5.32 Å². The molecule has 0 amide bonds. The van der Waals surface area contributed by atoms with E-state index in [4.69, 9.17) is 20.0 Å². The van der Waals surface area contributed by atoms with Crippen LogP contribution < -0.4 is 5.32 Å². The number of nitriles is 3. The van der Waals surface area contributed by atoms with Crippen LogP contribution in [-0.2, 0) is 19.1 Å². The van der Waals surface area contributed by atoms with Crippen LogP contribution in [0.3, 0.4) is 0 Å². The van der Waals surface area contributed by atoms with Gasteiger partial charge in [-0.1, -0.05) is 0 Å². The first-order valence-corrected chi connectivity index (χ1v) is 7.01. The van der Waals surface area contributed by atoms with Gasteiger partial charge in [-0.2, -0.15) is 15.8 Å². The number of esters is 2. The van der Waals surface area contributed by atoms with Gasteiger partial charge in [-0.25, -0.2) is 4.79 Å². The molecule has 0 aliphatic carbocycles. The minimum absolute atomic E-state index is 0.0274. The van der Waals surface area contributed by atoms with E-state index < -0.39 is 11.9 Å². The van der Waals surface area contributed by atoms with Gasteiger partial charge < -0.3 is 14.8 Å². The molecule has 0 atom stereocenters. The van der Waals surface area contributed by atoms with Gasteiger partial charge in [0.25, 0.3) is 0 Å². The van der Waals surface area contributed by atoms with Crippen LogP contribution in [0.25, 0.3) is 0 Å². The lowest BCUT2D eigenvalue weighted by atomic mass is 9.98. The fraction of sp³-hybridized carbons (Fsp3) is 0.312. The van der Waals surface area contributed by atoms with Crippen LogP contribution in [0, 0.1) is 34.0 Å². The Labute approximate surface area is 138 Å². The van der Waals surface area contributed by atoms with Crippen molar-refractivity contribution in [1.29, 1.82) is 15.8 Å². The highest BCUT2D eigenvalue weighted by atomic mass is 16.5. The van der Waals surface area contributed by atoms with E-state index in [0.29, 0.717) is 0 Å². The summed E-state index contributed by atoms with van der Waals surface area (Å²) in [5.74, 6) is -1.34. The highest BCUT2D eigenvalue weighted by Gasteiger charge is 2.27. The number of dihydropyridines is 1. The first-order chi connectivity index (χ1) is 11.5. The number of hydrogen-bond donors (Lipinski definition) is 1. The van der Waals surface area contributed by atoms with Gasteiger partial charge in [-0.15, -0.1) is 0 Å². The predicted octanol–water partition coefficient (Wildman–Crippen LogP) is 1.11. The van der Waals surface area contributed by atoms with Crippen LogP contribution in [-0.4, -0.2) is 25.2 Å². The van der Waals surface area contributed by atoms with E-state index >= 15 is 0 Å². The summed E-state index contributed by atoms with van der Waals surface area (Å²) in [4.78, 5) is 23.8. The van der Waals surface area contributed by atoms with Crippen molar-refractivity contribution in [3.05, 3.63) is 34.2 Å². The Morgan fingerprint density at radius 2 is 1.75 bits per heavy atom. The number of rotatable bonds is 5. The molecule has 0 aromatic rings. The number of hydrogen-bond acceptors (Lipinski definition) is 8.